The van der Waals surface area contributed by atoms with Crippen molar-refractivity contribution in [2.45, 2.75) is 6.92 Å². The van der Waals surface area contributed by atoms with Crippen LogP contribution in [0, 0.1) is 6.92 Å². The monoisotopic (exact) mass is 279 g/mol. The molecule has 0 unspecified atom stereocenters. The summed E-state index contributed by atoms with van der Waals surface area (Å²) < 4.78 is 0. The third-order valence-corrected chi connectivity index (χ3v) is 2.79. The van der Waals surface area contributed by atoms with E-state index in [0.29, 0.717) is 16.5 Å². The number of benzene rings is 1. The Labute approximate surface area is 115 Å². The van der Waals surface area contributed by atoms with Gasteiger partial charge in [-0.1, -0.05) is 11.6 Å². The molecule has 0 aliphatic rings. The van der Waals surface area contributed by atoms with E-state index in [2.05, 4.69) is 20.5 Å². The molecule has 7 heteroatoms. The number of aromatic amines is 1. The second-order valence-corrected chi connectivity index (χ2v) is 4.67. The summed E-state index contributed by atoms with van der Waals surface area (Å²) in [4.78, 5) is 17.7. The predicted octanol–water partition coefficient (Wildman–Crippen LogP) is 2.08. The zero-order chi connectivity index (χ0) is 14.0. The fourth-order valence-corrected chi connectivity index (χ4v) is 1.93. The van der Waals surface area contributed by atoms with Crippen LogP contribution in [0.15, 0.2) is 18.2 Å². The van der Waals surface area contributed by atoms with Crippen molar-refractivity contribution < 1.29 is 4.79 Å². The third-order valence-electron chi connectivity index (χ3n) is 2.49. The van der Waals surface area contributed by atoms with E-state index >= 15 is 0 Å². The Balaban J connectivity index is 2.16. The first kappa shape index (κ1) is 13.4. The molecule has 0 bridgehead atoms. The predicted molar refractivity (Wildman–Crippen MR) is 74.9 cm³/mol. The maximum absolute atomic E-state index is 11.8. The van der Waals surface area contributed by atoms with Gasteiger partial charge in [0.1, 0.15) is 5.82 Å². The average Bonchev–Trinajstić information content (AvgIpc) is 2.75. The molecule has 0 fully saturated rings. The molecule has 6 nitrogen and oxygen atoms in total. The van der Waals surface area contributed by atoms with E-state index in [1.807, 2.05) is 25.1 Å². The molecule has 0 spiro atoms. The zero-order valence-corrected chi connectivity index (χ0v) is 11.6. The summed E-state index contributed by atoms with van der Waals surface area (Å²) in [5, 5.41) is 9.66. The number of carbonyl (C=O) groups excluding carboxylic acids is 1. The largest absolute Gasteiger partial charge is 0.376 e. The number of hydrogen-bond acceptors (Lipinski definition) is 4. The van der Waals surface area contributed by atoms with E-state index in [1.165, 1.54) is 0 Å². The van der Waals surface area contributed by atoms with Crippen LogP contribution in [0.3, 0.4) is 0 Å². The second-order valence-electron chi connectivity index (χ2n) is 4.26. The van der Waals surface area contributed by atoms with Gasteiger partial charge in [-0.2, -0.15) is 0 Å². The molecular weight excluding hydrogens is 266 g/mol. The summed E-state index contributed by atoms with van der Waals surface area (Å²) in [5.41, 5.74) is 1.48. The van der Waals surface area contributed by atoms with E-state index in [9.17, 15) is 4.79 Å². The Morgan fingerprint density at radius 3 is 2.68 bits per heavy atom. The second kappa shape index (κ2) is 5.27. The lowest BCUT2D eigenvalue weighted by molar-refractivity contribution is 0.101. The first-order chi connectivity index (χ1) is 8.97. The lowest BCUT2D eigenvalue weighted by Crippen LogP contribution is -2.14. The van der Waals surface area contributed by atoms with Gasteiger partial charge in [0, 0.05) is 19.8 Å². The van der Waals surface area contributed by atoms with Gasteiger partial charge in [-0.3, -0.25) is 9.89 Å². The Bertz CT molecular complexity index is 608. The van der Waals surface area contributed by atoms with Crippen LogP contribution in [-0.2, 0) is 0 Å². The van der Waals surface area contributed by atoms with Gasteiger partial charge >= 0.3 is 0 Å². The van der Waals surface area contributed by atoms with Crippen molar-refractivity contribution in [1.82, 2.24) is 15.2 Å². The Hall–Kier alpha value is -2.08. The Morgan fingerprint density at radius 2 is 2.16 bits per heavy atom. The molecule has 0 saturated carbocycles. The number of amides is 1. The van der Waals surface area contributed by atoms with Gasteiger partial charge in [0.15, 0.2) is 0 Å². The number of rotatable bonds is 3. The van der Waals surface area contributed by atoms with Crippen LogP contribution in [-0.4, -0.2) is 35.2 Å². The minimum atomic E-state index is -0.377. The Kier molecular flexibility index (Phi) is 3.71. The highest BCUT2D eigenvalue weighted by Crippen LogP contribution is 2.27. The molecule has 1 aromatic heterocycles. The van der Waals surface area contributed by atoms with Gasteiger partial charge in [0.05, 0.1) is 10.7 Å². The van der Waals surface area contributed by atoms with Crippen LogP contribution in [0.5, 0.6) is 0 Å². The molecule has 1 amide bonds. The maximum Gasteiger partial charge on any atom is 0.295 e. The van der Waals surface area contributed by atoms with Crippen LogP contribution in [0.1, 0.15) is 16.4 Å². The van der Waals surface area contributed by atoms with Crippen molar-refractivity contribution in [3.05, 3.63) is 34.9 Å². The van der Waals surface area contributed by atoms with Gasteiger partial charge in [-0.15, -0.1) is 5.10 Å². The highest BCUT2D eigenvalue weighted by Gasteiger charge is 2.12. The molecule has 19 heavy (non-hydrogen) atoms. The molecule has 1 heterocycles. The minimum absolute atomic E-state index is 0.102. The van der Waals surface area contributed by atoms with Gasteiger partial charge in [0.2, 0.25) is 5.82 Å². The topological polar surface area (TPSA) is 73.9 Å². The normalized spacial score (nSPS) is 10.3. The summed E-state index contributed by atoms with van der Waals surface area (Å²) in [5.74, 6) is 0.314. The number of aryl methyl sites for hydroxylation is 1. The van der Waals surface area contributed by atoms with Crippen molar-refractivity contribution in [2.75, 3.05) is 24.3 Å². The number of carbonyl (C=O) groups is 1. The van der Waals surface area contributed by atoms with Crippen molar-refractivity contribution in [3.63, 3.8) is 0 Å². The molecule has 0 saturated heterocycles. The van der Waals surface area contributed by atoms with Crippen molar-refractivity contribution in [1.29, 1.82) is 0 Å². The van der Waals surface area contributed by atoms with Gasteiger partial charge in [-0.25, -0.2) is 4.98 Å². The van der Waals surface area contributed by atoms with E-state index in [0.717, 1.165) is 5.69 Å². The first-order valence-electron chi connectivity index (χ1n) is 5.64. The fraction of sp³-hybridized carbons (Fsp3) is 0.250. The summed E-state index contributed by atoms with van der Waals surface area (Å²) in [6.45, 7) is 1.73. The smallest absolute Gasteiger partial charge is 0.295 e. The van der Waals surface area contributed by atoms with Crippen LogP contribution in [0.25, 0.3) is 0 Å². The van der Waals surface area contributed by atoms with E-state index in [4.69, 9.17) is 11.6 Å². The third kappa shape index (κ3) is 3.03. The number of nitrogens with zero attached hydrogens (tertiary/aromatic N) is 3. The maximum atomic E-state index is 11.8. The number of anilines is 2. The molecule has 0 aliphatic carbocycles. The van der Waals surface area contributed by atoms with Crippen molar-refractivity contribution in [3.8, 4) is 0 Å². The summed E-state index contributed by atoms with van der Waals surface area (Å²) in [6, 6.07) is 5.30. The van der Waals surface area contributed by atoms with E-state index < -0.39 is 0 Å². The van der Waals surface area contributed by atoms with Gasteiger partial charge < -0.3 is 10.2 Å². The van der Waals surface area contributed by atoms with Crippen LogP contribution in [0.4, 0.5) is 11.4 Å². The molecule has 1 aromatic carbocycles. The molecule has 2 N–H and O–H groups in total. The fourth-order valence-electron chi connectivity index (χ4n) is 1.58. The minimum Gasteiger partial charge on any atom is -0.376 e. The summed E-state index contributed by atoms with van der Waals surface area (Å²) in [6.07, 6.45) is 0. The van der Waals surface area contributed by atoms with Crippen molar-refractivity contribution >= 4 is 28.9 Å². The lowest BCUT2D eigenvalue weighted by atomic mass is 10.2. The SMILES string of the molecule is Cc1nc(C(=O)Nc2ccc(N(C)C)c(Cl)c2)n[nH]1. The zero-order valence-electron chi connectivity index (χ0n) is 10.9. The van der Waals surface area contributed by atoms with Crippen LogP contribution >= 0.6 is 11.6 Å². The number of aromatic nitrogens is 3. The Morgan fingerprint density at radius 1 is 1.42 bits per heavy atom. The molecule has 100 valence electrons. The summed E-state index contributed by atoms with van der Waals surface area (Å²) in [7, 11) is 3.80. The average molecular weight is 280 g/mol. The molecular formula is C12H14ClN5O. The number of hydrogen-bond donors (Lipinski definition) is 2. The van der Waals surface area contributed by atoms with Gasteiger partial charge in [-0.05, 0) is 25.1 Å². The van der Waals surface area contributed by atoms with Crippen molar-refractivity contribution in [2.24, 2.45) is 0 Å². The van der Waals surface area contributed by atoms with E-state index in [1.54, 1.807) is 19.1 Å². The molecule has 0 atom stereocenters. The summed E-state index contributed by atoms with van der Waals surface area (Å²) >= 11 is 6.13. The highest BCUT2D eigenvalue weighted by molar-refractivity contribution is 6.33. The van der Waals surface area contributed by atoms with Crippen LogP contribution in [0.2, 0.25) is 5.02 Å². The number of halogens is 1. The number of H-pyrrole nitrogens is 1. The van der Waals surface area contributed by atoms with Crippen LogP contribution < -0.4 is 10.2 Å². The van der Waals surface area contributed by atoms with E-state index in [-0.39, 0.29) is 11.7 Å². The quantitative estimate of drug-likeness (QED) is 0.902. The number of nitrogens with one attached hydrogen (secondary N) is 2. The highest BCUT2D eigenvalue weighted by atomic mass is 35.5. The molecule has 2 aromatic rings. The molecule has 2 rings (SSSR count). The lowest BCUT2D eigenvalue weighted by Gasteiger charge is -2.15. The van der Waals surface area contributed by atoms with Gasteiger partial charge in [0.25, 0.3) is 5.91 Å². The molecule has 0 radical (unpaired) electrons. The first-order valence-corrected chi connectivity index (χ1v) is 6.02. The molecule has 0 aliphatic heterocycles. The standard InChI is InChI=1S/C12H14ClN5O/c1-7-14-11(17-16-7)12(19)15-8-4-5-10(18(2)3)9(13)6-8/h4-6H,1-3H3,(H,15,19)(H,14,16,17).